The van der Waals surface area contributed by atoms with Crippen LogP contribution in [-0.4, -0.2) is 25.8 Å². The summed E-state index contributed by atoms with van der Waals surface area (Å²) in [7, 11) is -1.87. The molecule has 0 N–H and O–H groups in total. The van der Waals surface area contributed by atoms with Gasteiger partial charge >= 0.3 is 0 Å². The molecule has 0 spiro atoms. The highest BCUT2D eigenvalue weighted by Gasteiger charge is 2.23. The van der Waals surface area contributed by atoms with E-state index in [-0.39, 0.29) is 6.04 Å². The number of likely N-dealkylation sites (N-methyl/N-ethyl adjacent to an activating group) is 1. The van der Waals surface area contributed by atoms with Crippen LogP contribution < -0.4 is 0 Å². The molecular weight excluding hydrogens is 294 g/mol. The molecule has 0 amide bonds. The largest absolute Gasteiger partial charge is 0.243 e. The van der Waals surface area contributed by atoms with E-state index in [0.717, 1.165) is 11.1 Å². The predicted octanol–water partition coefficient (Wildman–Crippen LogP) is 3.72. The minimum Gasteiger partial charge on any atom is -0.207 e. The summed E-state index contributed by atoms with van der Waals surface area (Å²) in [5, 5.41) is 0. The maximum absolute atomic E-state index is 12.6. The second-order valence-electron chi connectivity index (χ2n) is 5.34. The van der Waals surface area contributed by atoms with Crippen molar-refractivity contribution in [2.45, 2.75) is 24.8 Å². The highest BCUT2D eigenvalue weighted by molar-refractivity contribution is 7.89. The van der Waals surface area contributed by atoms with E-state index in [4.69, 9.17) is 0 Å². The topological polar surface area (TPSA) is 37.4 Å². The van der Waals surface area contributed by atoms with E-state index in [1.165, 1.54) is 4.31 Å². The molecular formula is C18H21NO2S. The summed E-state index contributed by atoms with van der Waals surface area (Å²) in [6.07, 6.45) is 3.83. The molecule has 0 aliphatic heterocycles. The number of hydrogen-bond acceptors (Lipinski definition) is 2. The highest BCUT2D eigenvalue weighted by atomic mass is 32.2. The van der Waals surface area contributed by atoms with Gasteiger partial charge in [-0.2, -0.15) is 4.31 Å². The van der Waals surface area contributed by atoms with Crippen molar-refractivity contribution in [3.63, 3.8) is 0 Å². The van der Waals surface area contributed by atoms with Gasteiger partial charge in [-0.3, -0.25) is 0 Å². The molecule has 0 aliphatic rings. The van der Waals surface area contributed by atoms with Crippen molar-refractivity contribution in [1.82, 2.24) is 4.31 Å². The van der Waals surface area contributed by atoms with Gasteiger partial charge < -0.3 is 0 Å². The lowest BCUT2D eigenvalue weighted by Crippen LogP contribution is -2.33. The van der Waals surface area contributed by atoms with Crippen LogP contribution in [0, 0.1) is 6.92 Å². The average molecular weight is 315 g/mol. The van der Waals surface area contributed by atoms with E-state index >= 15 is 0 Å². The van der Waals surface area contributed by atoms with Gasteiger partial charge in [0.1, 0.15) is 0 Å². The van der Waals surface area contributed by atoms with Crippen LogP contribution in [-0.2, 0) is 10.0 Å². The van der Waals surface area contributed by atoms with Crippen molar-refractivity contribution in [2.75, 3.05) is 7.05 Å². The third-order valence-electron chi connectivity index (χ3n) is 3.64. The molecule has 0 saturated carbocycles. The first-order valence-electron chi connectivity index (χ1n) is 7.19. The second kappa shape index (κ2) is 6.90. The van der Waals surface area contributed by atoms with Crippen LogP contribution in [0.3, 0.4) is 0 Å². The summed E-state index contributed by atoms with van der Waals surface area (Å²) in [5.74, 6) is 0. The van der Waals surface area contributed by atoms with Gasteiger partial charge in [-0.05, 0) is 31.5 Å². The number of rotatable bonds is 5. The molecule has 0 saturated heterocycles. The van der Waals surface area contributed by atoms with Gasteiger partial charge in [0.2, 0.25) is 10.0 Å². The molecule has 116 valence electrons. The molecule has 3 nitrogen and oxygen atoms in total. The highest BCUT2D eigenvalue weighted by Crippen LogP contribution is 2.18. The Morgan fingerprint density at radius 2 is 1.59 bits per heavy atom. The van der Waals surface area contributed by atoms with Crippen molar-refractivity contribution in [1.29, 1.82) is 0 Å². The molecule has 0 heterocycles. The smallest absolute Gasteiger partial charge is 0.207 e. The van der Waals surface area contributed by atoms with Gasteiger partial charge in [0.15, 0.2) is 0 Å². The fraction of sp³-hybridized carbons (Fsp3) is 0.222. The zero-order valence-corrected chi connectivity index (χ0v) is 13.9. The zero-order chi connectivity index (χ0) is 16.2. The fourth-order valence-corrected chi connectivity index (χ4v) is 3.35. The number of hydrogen-bond donors (Lipinski definition) is 0. The van der Waals surface area contributed by atoms with E-state index in [2.05, 4.69) is 0 Å². The lowest BCUT2D eigenvalue weighted by molar-refractivity contribution is 0.437. The van der Waals surface area contributed by atoms with Gasteiger partial charge in [-0.1, -0.05) is 60.2 Å². The van der Waals surface area contributed by atoms with Crippen molar-refractivity contribution in [2.24, 2.45) is 0 Å². The summed E-state index contributed by atoms with van der Waals surface area (Å²) in [5.41, 5.74) is 2.09. The van der Waals surface area contributed by atoms with Crippen molar-refractivity contribution < 1.29 is 8.42 Å². The van der Waals surface area contributed by atoms with Crippen LogP contribution in [0.4, 0.5) is 0 Å². The van der Waals surface area contributed by atoms with E-state index < -0.39 is 10.0 Å². The Morgan fingerprint density at radius 3 is 2.18 bits per heavy atom. The molecule has 0 fully saturated rings. The third kappa shape index (κ3) is 3.84. The number of sulfonamides is 1. The summed E-state index contributed by atoms with van der Waals surface area (Å²) >= 11 is 0. The normalized spacial score (nSPS) is 13.6. The molecule has 22 heavy (non-hydrogen) atoms. The zero-order valence-electron chi connectivity index (χ0n) is 13.1. The summed E-state index contributed by atoms with van der Waals surface area (Å²) < 4.78 is 26.6. The number of nitrogens with zero attached hydrogens (tertiary/aromatic N) is 1. The molecule has 1 atom stereocenters. The van der Waals surface area contributed by atoms with Gasteiger partial charge in [-0.15, -0.1) is 0 Å². The van der Waals surface area contributed by atoms with E-state index in [9.17, 15) is 8.42 Å². The standard InChI is InChI=1S/C18H21NO2S/c1-15-9-13-18(14-10-15)22(20,21)19(3)16(2)11-12-17-7-5-4-6-8-17/h4-14,16H,1-3H3/b12-11+/t16-/m0/s1. The van der Waals surface area contributed by atoms with Crippen molar-refractivity contribution in [3.05, 3.63) is 71.8 Å². The minimum absolute atomic E-state index is 0.230. The fourth-order valence-electron chi connectivity index (χ4n) is 2.03. The maximum atomic E-state index is 12.6. The summed E-state index contributed by atoms with van der Waals surface area (Å²) in [4.78, 5) is 0.320. The second-order valence-corrected chi connectivity index (χ2v) is 7.34. The lowest BCUT2D eigenvalue weighted by atomic mass is 10.2. The maximum Gasteiger partial charge on any atom is 0.243 e. The monoisotopic (exact) mass is 315 g/mol. The SMILES string of the molecule is Cc1ccc(S(=O)(=O)N(C)[C@@H](C)/C=C/c2ccccc2)cc1. The first kappa shape index (κ1) is 16.5. The Bertz CT molecular complexity index is 734. The van der Waals surface area contributed by atoms with Crippen LogP contribution in [0.25, 0.3) is 6.08 Å². The molecule has 2 rings (SSSR count). The summed E-state index contributed by atoms with van der Waals surface area (Å²) in [6.45, 7) is 3.80. The van der Waals surface area contributed by atoms with Gasteiger partial charge in [0.05, 0.1) is 4.90 Å². The first-order valence-corrected chi connectivity index (χ1v) is 8.63. The van der Waals surface area contributed by atoms with Crippen LogP contribution in [0.5, 0.6) is 0 Å². The van der Waals surface area contributed by atoms with E-state index in [0.29, 0.717) is 4.90 Å². The van der Waals surface area contributed by atoms with Crippen LogP contribution in [0.2, 0.25) is 0 Å². The number of aryl methyl sites for hydroxylation is 1. The lowest BCUT2D eigenvalue weighted by Gasteiger charge is -2.22. The molecule has 0 unspecified atom stereocenters. The minimum atomic E-state index is -3.48. The van der Waals surface area contributed by atoms with Crippen LogP contribution in [0.1, 0.15) is 18.1 Å². The molecule has 2 aromatic rings. The Balaban J connectivity index is 2.17. The van der Waals surface area contributed by atoms with Gasteiger partial charge in [0, 0.05) is 13.1 Å². The van der Waals surface area contributed by atoms with Crippen molar-refractivity contribution >= 4 is 16.1 Å². The Morgan fingerprint density at radius 1 is 1.00 bits per heavy atom. The van der Waals surface area contributed by atoms with Gasteiger partial charge in [0.25, 0.3) is 0 Å². The summed E-state index contributed by atoms with van der Waals surface area (Å²) in [6, 6.07) is 16.5. The first-order chi connectivity index (χ1) is 10.4. The Kier molecular flexibility index (Phi) is 5.16. The molecule has 0 aromatic heterocycles. The van der Waals surface area contributed by atoms with Gasteiger partial charge in [-0.25, -0.2) is 8.42 Å². The molecule has 4 heteroatoms. The van der Waals surface area contributed by atoms with Crippen LogP contribution >= 0.6 is 0 Å². The van der Waals surface area contributed by atoms with E-state index in [1.807, 2.05) is 68.5 Å². The molecule has 0 aliphatic carbocycles. The Labute approximate surface area is 133 Å². The number of benzene rings is 2. The average Bonchev–Trinajstić information content (AvgIpc) is 2.53. The third-order valence-corrected chi connectivity index (χ3v) is 5.60. The predicted molar refractivity (Wildman–Crippen MR) is 91.1 cm³/mol. The molecule has 0 bridgehead atoms. The van der Waals surface area contributed by atoms with E-state index in [1.54, 1.807) is 19.2 Å². The van der Waals surface area contributed by atoms with Crippen LogP contribution in [0.15, 0.2) is 65.6 Å². The molecule has 0 radical (unpaired) electrons. The molecule has 2 aromatic carbocycles. The quantitative estimate of drug-likeness (QED) is 0.843. The Hall–Kier alpha value is -1.91. The van der Waals surface area contributed by atoms with Crippen molar-refractivity contribution in [3.8, 4) is 0 Å².